The third kappa shape index (κ3) is 3.98. The van der Waals surface area contributed by atoms with E-state index in [1.54, 1.807) is 23.9 Å². The lowest BCUT2D eigenvalue weighted by atomic mass is 9.99. The van der Waals surface area contributed by atoms with Gasteiger partial charge in [-0.3, -0.25) is 9.59 Å². The van der Waals surface area contributed by atoms with Gasteiger partial charge in [-0.05, 0) is 33.1 Å². The second kappa shape index (κ2) is 5.69. The number of hydrogen-bond acceptors (Lipinski definition) is 3. The summed E-state index contributed by atoms with van der Waals surface area (Å²) in [6, 6.07) is -0.270. The molecule has 1 aliphatic rings. The zero-order valence-electron chi connectivity index (χ0n) is 11.9. The fraction of sp³-hybridized carbons (Fsp3) is 0.846. The van der Waals surface area contributed by atoms with Crippen molar-refractivity contribution in [2.75, 3.05) is 20.6 Å². The molecule has 1 atom stereocenters. The van der Waals surface area contributed by atoms with Gasteiger partial charge >= 0.3 is 0 Å². The Kier molecular flexibility index (Phi) is 4.73. The van der Waals surface area contributed by atoms with E-state index in [1.807, 2.05) is 13.8 Å². The van der Waals surface area contributed by atoms with Crippen LogP contribution in [-0.4, -0.2) is 53.8 Å². The molecule has 0 aliphatic carbocycles. The minimum absolute atomic E-state index is 0.0212. The molecule has 1 fully saturated rings. The van der Waals surface area contributed by atoms with Crippen LogP contribution in [0.4, 0.5) is 0 Å². The standard InChI is InChI=1S/C13H25N3O2/c1-13(2,14)8-7-11(17)16-9-5-6-10(16)12(18)15(3)4/h10H,5-9,14H2,1-4H3. The summed E-state index contributed by atoms with van der Waals surface area (Å²) in [6.45, 7) is 4.51. The molecule has 0 bridgehead atoms. The number of likely N-dealkylation sites (N-methyl/N-ethyl adjacent to an activating group) is 1. The van der Waals surface area contributed by atoms with Crippen LogP contribution in [0.5, 0.6) is 0 Å². The second-order valence-corrected chi connectivity index (χ2v) is 5.97. The molecule has 1 rings (SSSR count). The zero-order valence-corrected chi connectivity index (χ0v) is 11.9. The largest absolute Gasteiger partial charge is 0.347 e. The first-order chi connectivity index (χ1) is 8.22. The molecule has 0 spiro atoms. The predicted molar refractivity (Wildman–Crippen MR) is 70.9 cm³/mol. The van der Waals surface area contributed by atoms with Gasteiger partial charge in [0.15, 0.2) is 0 Å². The molecular formula is C13H25N3O2. The van der Waals surface area contributed by atoms with Crippen molar-refractivity contribution in [2.24, 2.45) is 5.73 Å². The van der Waals surface area contributed by atoms with Gasteiger partial charge in [0.1, 0.15) is 6.04 Å². The van der Waals surface area contributed by atoms with E-state index in [-0.39, 0.29) is 23.4 Å². The molecule has 1 heterocycles. The summed E-state index contributed by atoms with van der Waals surface area (Å²) >= 11 is 0. The third-order valence-electron chi connectivity index (χ3n) is 3.28. The van der Waals surface area contributed by atoms with Gasteiger partial charge in [0.05, 0.1) is 0 Å². The lowest BCUT2D eigenvalue weighted by molar-refractivity contribution is -0.142. The molecule has 2 N–H and O–H groups in total. The van der Waals surface area contributed by atoms with Gasteiger partial charge in [-0.15, -0.1) is 0 Å². The van der Waals surface area contributed by atoms with E-state index in [0.29, 0.717) is 19.4 Å². The molecule has 0 aromatic heterocycles. The van der Waals surface area contributed by atoms with Crippen molar-refractivity contribution in [1.29, 1.82) is 0 Å². The van der Waals surface area contributed by atoms with Crippen molar-refractivity contribution >= 4 is 11.8 Å². The molecule has 1 saturated heterocycles. The Balaban J connectivity index is 2.59. The molecule has 0 aromatic carbocycles. The summed E-state index contributed by atoms with van der Waals surface area (Å²) in [5.41, 5.74) is 5.54. The molecule has 1 aliphatic heterocycles. The quantitative estimate of drug-likeness (QED) is 0.799. The predicted octanol–water partition coefficient (Wildman–Crippen LogP) is 0.583. The van der Waals surface area contributed by atoms with E-state index < -0.39 is 0 Å². The third-order valence-corrected chi connectivity index (χ3v) is 3.28. The minimum Gasteiger partial charge on any atom is -0.347 e. The maximum atomic E-state index is 12.1. The highest BCUT2D eigenvalue weighted by atomic mass is 16.2. The van der Waals surface area contributed by atoms with Gasteiger partial charge < -0.3 is 15.5 Å². The van der Waals surface area contributed by atoms with E-state index in [1.165, 1.54) is 0 Å². The summed E-state index contributed by atoms with van der Waals surface area (Å²) in [6.07, 6.45) is 2.74. The Bertz CT molecular complexity index is 321. The number of amides is 2. The Morgan fingerprint density at radius 2 is 2.00 bits per heavy atom. The summed E-state index contributed by atoms with van der Waals surface area (Å²) in [7, 11) is 3.46. The maximum Gasteiger partial charge on any atom is 0.244 e. The maximum absolute atomic E-state index is 12.1. The number of nitrogens with zero attached hydrogens (tertiary/aromatic N) is 2. The van der Waals surface area contributed by atoms with Crippen molar-refractivity contribution in [1.82, 2.24) is 9.80 Å². The topological polar surface area (TPSA) is 66.6 Å². The van der Waals surface area contributed by atoms with Gasteiger partial charge in [0.2, 0.25) is 11.8 Å². The SMILES string of the molecule is CN(C)C(=O)C1CCCN1C(=O)CCC(C)(C)N. The van der Waals surface area contributed by atoms with E-state index >= 15 is 0 Å². The molecule has 0 radical (unpaired) electrons. The molecule has 5 heteroatoms. The summed E-state index contributed by atoms with van der Waals surface area (Å²) < 4.78 is 0. The van der Waals surface area contributed by atoms with Crippen molar-refractivity contribution < 1.29 is 9.59 Å². The Morgan fingerprint density at radius 3 is 2.50 bits per heavy atom. The Labute approximate surface area is 109 Å². The van der Waals surface area contributed by atoms with Crippen LogP contribution in [-0.2, 0) is 9.59 Å². The number of carbonyl (C=O) groups is 2. The molecule has 104 valence electrons. The molecule has 1 unspecified atom stereocenters. The van der Waals surface area contributed by atoms with Crippen LogP contribution in [0.15, 0.2) is 0 Å². The van der Waals surface area contributed by atoms with Gasteiger partial charge in [0, 0.05) is 32.6 Å². The van der Waals surface area contributed by atoms with Gasteiger partial charge in [0.25, 0.3) is 0 Å². The molecule has 0 aromatic rings. The van der Waals surface area contributed by atoms with Gasteiger partial charge in [-0.1, -0.05) is 0 Å². The lowest BCUT2D eigenvalue weighted by Gasteiger charge is -2.27. The molecule has 18 heavy (non-hydrogen) atoms. The van der Waals surface area contributed by atoms with Crippen LogP contribution < -0.4 is 5.73 Å². The number of nitrogens with two attached hydrogens (primary N) is 1. The number of likely N-dealkylation sites (tertiary alicyclic amines) is 1. The first-order valence-corrected chi connectivity index (χ1v) is 6.52. The zero-order chi connectivity index (χ0) is 13.9. The van der Waals surface area contributed by atoms with Crippen molar-refractivity contribution in [3.8, 4) is 0 Å². The van der Waals surface area contributed by atoms with Gasteiger partial charge in [-0.2, -0.15) is 0 Å². The average Bonchev–Trinajstić information content (AvgIpc) is 2.72. The summed E-state index contributed by atoms with van der Waals surface area (Å²) in [4.78, 5) is 27.4. The molecular weight excluding hydrogens is 230 g/mol. The van der Waals surface area contributed by atoms with Crippen molar-refractivity contribution in [3.05, 3.63) is 0 Å². The van der Waals surface area contributed by atoms with E-state index in [4.69, 9.17) is 5.73 Å². The molecule has 5 nitrogen and oxygen atoms in total. The first-order valence-electron chi connectivity index (χ1n) is 6.52. The van der Waals surface area contributed by atoms with E-state index in [9.17, 15) is 9.59 Å². The summed E-state index contributed by atoms with van der Waals surface area (Å²) in [5.74, 6) is 0.0686. The smallest absolute Gasteiger partial charge is 0.244 e. The van der Waals surface area contributed by atoms with Gasteiger partial charge in [-0.25, -0.2) is 0 Å². The second-order valence-electron chi connectivity index (χ2n) is 5.97. The summed E-state index contributed by atoms with van der Waals surface area (Å²) in [5, 5.41) is 0. The van der Waals surface area contributed by atoms with Crippen molar-refractivity contribution in [3.63, 3.8) is 0 Å². The fourth-order valence-electron chi connectivity index (χ4n) is 2.19. The number of hydrogen-bond donors (Lipinski definition) is 1. The lowest BCUT2D eigenvalue weighted by Crippen LogP contribution is -2.46. The monoisotopic (exact) mass is 255 g/mol. The van der Waals surface area contributed by atoms with Crippen LogP contribution in [0.3, 0.4) is 0 Å². The van der Waals surface area contributed by atoms with E-state index in [0.717, 1.165) is 12.8 Å². The minimum atomic E-state index is -0.337. The normalized spacial score (nSPS) is 20.1. The highest BCUT2D eigenvalue weighted by molar-refractivity contribution is 5.88. The van der Waals surface area contributed by atoms with Crippen LogP contribution in [0.2, 0.25) is 0 Å². The highest BCUT2D eigenvalue weighted by Crippen LogP contribution is 2.21. The first kappa shape index (κ1) is 15.0. The highest BCUT2D eigenvalue weighted by Gasteiger charge is 2.34. The molecule has 2 amide bonds. The Hall–Kier alpha value is -1.10. The number of rotatable bonds is 4. The van der Waals surface area contributed by atoms with Crippen LogP contribution in [0, 0.1) is 0 Å². The fourth-order valence-corrected chi connectivity index (χ4v) is 2.19. The number of carbonyl (C=O) groups excluding carboxylic acids is 2. The van der Waals surface area contributed by atoms with Crippen LogP contribution >= 0.6 is 0 Å². The Morgan fingerprint density at radius 1 is 1.39 bits per heavy atom. The average molecular weight is 255 g/mol. The van der Waals surface area contributed by atoms with Crippen LogP contribution in [0.25, 0.3) is 0 Å². The van der Waals surface area contributed by atoms with E-state index in [2.05, 4.69) is 0 Å². The van der Waals surface area contributed by atoms with Crippen LogP contribution in [0.1, 0.15) is 39.5 Å². The van der Waals surface area contributed by atoms with Crippen molar-refractivity contribution in [2.45, 2.75) is 51.1 Å². The molecule has 0 saturated carbocycles.